The summed E-state index contributed by atoms with van der Waals surface area (Å²) < 4.78 is 5.42. The van der Waals surface area contributed by atoms with Crippen molar-refractivity contribution in [3.63, 3.8) is 0 Å². The molecule has 1 unspecified atom stereocenters. The third kappa shape index (κ3) is 4.42. The number of hydrogen-bond acceptors (Lipinski definition) is 5. The molecular weight excluding hydrogens is 364 g/mol. The standard InChI is InChI=1S/C23H24N4O2/c1-15-12-21(29-27-15)20-14-24-16(2)26-22(20)18-10-8-17(9-11-18)13-25-23(28)19-6-4-3-5-7-19/h3-4,8-12,14,19H,5-7,13H2,1-2H3,(H,25,28). The number of amides is 1. The third-order valence-electron chi connectivity index (χ3n) is 5.14. The van der Waals surface area contributed by atoms with Crippen LogP contribution >= 0.6 is 0 Å². The molecule has 2 heterocycles. The van der Waals surface area contributed by atoms with Gasteiger partial charge >= 0.3 is 0 Å². The van der Waals surface area contributed by atoms with Crippen LogP contribution in [0.5, 0.6) is 0 Å². The fraction of sp³-hybridized carbons (Fsp3) is 0.304. The molecular formula is C23H24N4O2. The van der Waals surface area contributed by atoms with E-state index in [0.29, 0.717) is 18.1 Å². The first kappa shape index (κ1) is 19.1. The summed E-state index contributed by atoms with van der Waals surface area (Å²) in [4.78, 5) is 21.3. The van der Waals surface area contributed by atoms with E-state index in [4.69, 9.17) is 4.52 Å². The van der Waals surface area contributed by atoms with Crippen molar-refractivity contribution in [1.82, 2.24) is 20.4 Å². The molecule has 0 saturated carbocycles. The summed E-state index contributed by atoms with van der Waals surface area (Å²) in [5, 5.41) is 7.02. The van der Waals surface area contributed by atoms with Crippen molar-refractivity contribution < 1.29 is 9.32 Å². The second-order valence-corrected chi connectivity index (χ2v) is 7.41. The molecule has 0 fully saturated rings. The minimum atomic E-state index is 0.0937. The van der Waals surface area contributed by atoms with Crippen LogP contribution in [0.4, 0.5) is 0 Å². The summed E-state index contributed by atoms with van der Waals surface area (Å²) in [7, 11) is 0. The van der Waals surface area contributed by atoms with Crippen LogP contribution < -0.4 is 5.32 Å². The molecule has 4 rings (SSSR count). The van der Waals surface area contributed by atoms with E-state index >= 15 is 0 Å². The normalized spacial score (nSPS) is 16.0. The maximum Gasteiger partial charge on any atom is 0.223 e. The Morgan fingerprint density at radius 1 is 1.21 bits per heavy atom. The smallest absolute Gasteiger partial charge is 0.223 e. The van der Waals surface area contributed by atoms with Gasteiger partial charge in [-0.3, -0.25) is 4.79 Å². The quantitative estimate of drug-likeness (QED) is 0.656. The number of aryl methyl sites for hydroxylation is 2. The third-order valence-corrected chi connectivity index (χ3v) is 5.14. The van der Waals surface area contributed by atoms with E-state index < -0.39 is 0 Å². The van der Waals surface area contributed by atoms with Gasteiger partial charge in [-0.2, -0.15) is 0 Å². The number of carbonyl (C=O) groups excluding carboxylic acids is 1. The number of carbonyl (C=O) groups is 1. The minimum Gasteiger partial charge on any atom is -0.356 e. The highest BCUT2D eigenvalue weighted by molar-refractivity contribution is 5.79. The number of benzene rings is 1. The van der Waals surface area contributed by atoms with Gasteiger partial charge < -0.3 is 9.84 Å². The Bertz CT molecular complexity index is 1040. The van der Waals surface area contributed by atoms with Gasteiger partial charge in [0, 0.05) is 30.3 Å². The summed E-state index contributed by atoms with van der Waals surface area (Å²) >= 11 is 0. The zero-order valence-electron chi connectivity index (χ0n) is 16.7. The predicted molar refractivity (Wildman–Crippen MR) is 111 cm³/mol. The number of aromatic nitrogens is 3. The van der Waals surface area contributed by atoms with Crippen LogP contribution in [0, 0.1) is 19.8 Å². The van der Waals surface area contributed by atoms with Crippen LogP contribution in [0.1, 0.15) is 36.3 Å². The van der Waals surface area contributed by atoms with Crippen molar-refractivity contribution in [2.75, 3.05) is 0 Å². The number of nitrogens with zero attached hydrogens (tertiary/aromatic N) is 3. The molecule has 1 aliphatic carbocycles. The summed E-state index contributed by atoms with van der Waals surface area (Å²) in [5.74, 6) is 1.57. The second-order valence-electron chi connectivity index (χ2n) is 7.41. The lowest BCUT2D eigenvalue weighted by molar-refractivity contribution is -0.125. The highest BCUT2D eigenvalue weighted by Crippen LogP contribution is 2.30. The Kier molecular flexibility index (Phi) is 5.51. The Balaban J connectivity index is 1.50. The van der Waals surface area contributed by atoms with E-state index in [1.165, 1.54) is 0 Å². The Morgan fingerprint density at radius 3 is 2.72 bits per heavy atom. The van der Waals surface area contributed by atoms with Crippen molar-refractivity contribution in [2.24, 2.45) is 5.92 Å². The van der Waals surface area contributed by atoms with Gasteiger partial charge in [0.15, 0.2) is 5.76 Å². The van der Waals surface area contributed by atoms with E-state index in [9.17, 15) is 4.79 Å². The molecule has 0 saturated heterocycles. The lowest BCUT2D eigenvalue weighted by atomic mass is 9.93. The van der Waals surface area contributed by atoms with Gasteiger partial charge in [0.25, 0.3) is 0 Å². The first-order chi connectivity index (χ1) is 14.1. The van der Waals surface area contributed by atoms with Gasteiger partial charge in [-0.1, -0.05) is 41.6 Å². The van der Waals surface area contributed by atoms with E-state index in [2.05, 4.69) is 32.6 Å². The van der Waals surface area contributed by atoms with Gasteiger partial charge in [-0.05, 0) is 38.7 Å². The van der Waals surface area contributed by atoms with Crippen LogP contribution in [-0.2, 0) is 11.3 Å². The van der Waals surface area contributed by atoms with Gasteiger partial charge in [0.2, 0.25) is 5.91 Å². The molecule has 0 bridgehead atoms. The number of nitrogens with one attached hydrogen (secondary N) is 1. The summed E-state index contributed by atoms with van der Waals surface area (Å²) in [6.45, 7) is 4.27. The second kappa shape index (κ2) is 8.39. The number of hydrogen-bond donors (Lipinski definition) is 1. The molecule has 0 radical (unpaired) electrons. The lowest BCUT2D eigenvalue weighted by Crippen LogP contribution is -2.30. The molecule has 29 heavy (non-hydrogen) atoms. The highest BCUT2D eigenvalue weighted by Gasteiger charge is 2.18. The molecule has 1 aromatic carbocycles. The largest absolute Gasteiger partial charge is 0.356 e. The van der Waals surface area contributed by atoms with E-state index in [-0.39, 0.29) is 11.8 Å². The Hall–Kier alpha value is -3.28. The fourth-order valence-corrected chi connectivity index (χ4v) is 3.51. The van der Waals surface area contributed by atoms with Crippen molar-refractivity contribution >= 4 is 5.91 Å². The van der Waals surface area contributed by atoms with Crippen LogP contribution in [0.2, 0.25) is 0 Å². The topological polar surface area (TPSA) is 80.9 Å². The monoisotopic (exact) mass is 388 g/mol. The average molecular weight is 388 g/mol. The minimum absolute atomic E-state index is 0.0937. The van der Waals surface area contributed by atoms with Crippen molar-refractivity contribution in [3.8, 4) is 22.6 Å². The predicted octanol–water partition coefficient (Wildman–Crippen LogP) is 4.39. The van der Waals surface area contributed by atoms with Crippen LogP contribution in [-0.4, -0.2) is 21.0 Å². The van der Waals surface area contributed by atoms with Crippen LogP contribution in [0.15, 0.2) is 53.2 Å². The molecule has 0 aliphatic heterocycles. The summed E-state index contributed by atoms with van der Waals surface area (Å²) in [5.41, 5.74) is 4.44. The average Bonchev–Trinajstić information content (AvgIpc) is 3.19. The van der Waals surface area contributed by atoms with Crippen molar-refractivity contribution in [1.29, 1.82) is 0 Å². The first-order valence-electron chi connectivity index (χ1n) is 9.89. The molecule has 2 aromatic heterocycles. The highest BCUT2D eigenvalue weighted by atomic mass is 16.5. The summed E-state index contributed by atoms with van der Waals surface area (Å²) in [6.07, 6.45) is 8.76. The molecule has 3 aromatic rings. The van der Waals surface area contributed by atoms with Gasteiger partial charge in [-0.25, -0.2) is 9.97 Å². The molecule has 1 N–H and O–H groups in total. The van der Waals surface area contributed by atoms with E-state index in [1.807, 2.05) is 44.2 Å². The number of allylic oxidation sites excluding steroid dienone is 2. The zero-order valence-corrected chi connectivity index (χ0v) is 16.7. The summed E-state index contributed by atoms with van der Waals surface area (Å²) in [6, 6.07) is 9.94. The van der Waals surface area contributed by atoms with Gasteiger partial charge in [0.05, 0.1) is 17.0 Å². The van der Waals surface area contributed by atoms with Crippen LogP contribution in [0.3, 0.4) is 0 Å². The van der Waals surface area contributed by atoms with Crippen LogP contribution in [0.25, 0.3) is 22.6 Å². The molecule has 1 amide bonds. The number of rotatable bonds is 5. The SMILES string of the molecule is Cc1cc(-c2cnc(C)nc2-c2ccc(CNC(=O)C3CC=CCC3)cc2)on1. The molecule has 1 atom stereocenters. The molecule has 148 valence electrons. The van der Waals surface area contributed by atoms with Gasteiger partial charge in [-0.15, -0.1) is 0 Å². The molecule has 6 nitrogen and oxygen atoms in total. The molecule has 6 heteroatoms. The van der Waals surface area contributed by atoms with E-state index in [1.54, 1.807) is 6.20 Å². The lowest BCUT2D eigenvalue weighted by Gasteiger charge is -2.17. The fourth-order valence-electron chi connectivity index (χ4n) is 3.51. The van der Waals surface area contributed by atoms with Crippen molar-refractivity contribution in [3.05, 3.63) is 65.8 Å². The maximum absolute atomic E-state index is 12.3. The molecule has 0 spiro atoms. The van der Waals surface area contributed by atoms with Crippen molar-refractivity contribution in [2.45, 2.75) is 39.7 Å². The Labute approximate surface area is 170 Å². The van der Waals surface area contributed by atoms with Gasteiger partial charge in [0.1, 0.15) is 5.82 Å². The van der Waals surface area contributed by atoms with E-state index in [0.717, 1.165) is 47.3 Å². The Morgan fingerprint density at radius 2 is 2.03 bits per heavy atom. The molecule has 1 aliphatic rings. The first-order valence-corrected chi connectivity index (χ1v) is 9.89. The zero-order chi connectivity index (χ0) is 20.2. The maximum atomic E-state index is 12.3.